The van der Waals surface area contributed by atoms with E-state index in [1.54, 1.807) is 0 Å². The van der Waals surface area contributed by atoms with Crippen LogP contribution in [0.1, 0.15) is 0 Å². The Bertz CT molecular complexity index is 2680. The normalized spacial score (nSPS) is 12.3. The molecule has 0 saturated carbocycles. The molecule has 0 spiro atoms. The van der Waals surface area contributed by atoms with E-state index < -0.39 is 0 Å². The average molecular weight is 551 g/mol. The van der Waals surface area contributed by atoms with E-state index in [0.29, 0.717) is 0 Å². The predicted octanol–water partition coefficient (Wildman–Crippen LogP) is 11.1. The van der Waals surface area contributed by atoms with Crippen LogP contribution < -0.4 is 0 Å². The summed E-state index contributed by atoms with van der Waals surface area (Å²) in [5.74, 6) is 0. The first-order chi connectivity index (χ1) is 20.8. The van der Waals surface area contributed by atoms with E-state index in [0.717, 1.165) is 5.52 Å². The zero-order chi connectivity index (χ0) is 27.4. The first-order valence-electron chi connectivity index (χ1n) is 14.3. The Balaban J connectivity index is 1.38. The van der Waals surface area contributed by atoms with Gasteiger partial charge >= 0.3 is 0 Å². The summed E-state index contributed by atoms with van der Waals surface area (Å²) in [6.45, 7) is 0. The van der Waals surface area contributed by atoms with Gasteiger partial charge in [0.05, 0.1) is 27.6 Å². The summed E-state index contributed by atoms with van der Waals surface area (Å²) in [6.07, 6.45) is 3.96. The fourth-order valence-corrected chi connectivity index (χ4v) is 8.47. The molecule has 3 heterocycles. The Morgan fingerprint density at radius 3 is 2.26 bits per heavy atom. The number of fused-ring (bicyclic) bond motifs is 7. The second kappa shape index (κ2) is 8.16. The van der Waals surface area contributed by atoms with Crippen molar-refractivity contribution in [2.45, 2.75) is 0 Å². The summed E-state index contributed by atoms with van der Waals surface area (Å²) < 4.78 is 5.06. The highest BCUT2D eigenvalue weighted by atomic mass is 32.1. The summed E-state index contributed by atoms with van der Waals surface area (Å²) in [7, 11) is 0. The van der Waals surface area contributed by atoms with Crippen LogP contribution in [0.2, 0.25) is 0 Å². The smallest absolute Gasteiger partial charge is 0.0725 e. The van der Waals surface area contributed by atoms with Crippen molar-refractivity contribution < 1.29 is 0 Å². The first-order valence-corrected chi connectivity index (χ1v) is 15.1. The fraction of sp³-hybridized carbons (Fsp3) is 0. The van der Waals surface area contributed by atoms with Crippen LogP contribution in [0.5, 0.6) is 0 Å². The van der Waals surface area contributed by atoms with Crippen LogP contribution in [-0.4, -0.2) is 9.55 Å². The molecule has 0 fully saturated rings. The van der Waals surface area contributed by atoms with Gasteiger partial charge in [0, 0.05) is 32.4 Å². The molecule has 7 aromatic carbocycles. The third-order valence-corrected chi connectivity index (χ3v) is 10.2. The molecule has 3 heteroatoms. The quantitative estimate of drug-likeness (QED) is 0.196. The number of aromatic nitrogens is 2. The molecule has 3 aromatic heterocycles. The summed E-state index contributed by atoms with van der Waals surface area (Å²) in [4.78, 5) is 4.61. The van der Waals surface area contributed by atoms with Crippen molar-refractivity contribution >= 4 is 85.6 Å². The number of nitrogens with zero attached hydrogens (tertiary/aromatic N) is 2. The van der Waals surface area contributed by atoms with E-state index in [9.17, 15) is 0 Å². The maximum atomic E-state index is 4.61. The first kappa shape index (κ1) is 22.4. The van der Waals surface area contributed by atoms with E-state index >= 15 is 0 Å². The van der Waals surface area contributed by atoms with Crippen molar-refractivity contribution in [2.75, 3.05) is 0 Å². The van der Waals surface area contributed by atoms with Crippen molar-refractivity contribution in [1.29, 1.82) is 0 Å². The predicted molar refractivity (Wildman–Crippen MR) is 181 cm³/mol. The highest BCUT2D eigenvalue weighted by Gasteiger charge is 2.21. The number of hydrogen-bond donors (Lipinski definition) is 0. The van der Waals surface area contributed by atoms with E-state index in [1.165, 1.54) is 85.6 Å². The molecule has 0 bridgehead atoms. The molecule has 42 heavy (non-hydrogen) atoms. The maximum Gasteiger partial charge on any atom is 0.0725 e. The SMILES string of the molecule is c1ccc(-c2ccc3ccc4c5c(ccc2c35)cc2c4c3ccncc3n2-c2cccc3c2sc2ccccc23)cc1. The molecule has 0 unspecified atom stereocenters. The van der Waals surface area contributed by atoms with Crippen LogP contribution in [0.3, 0.4) is 0 Å². The lowest BCUT2D eigenvalue weighted by Crippen LogP contribution is -1.95. The van der Waals surface area contributed by atoms with Crippen LogP contribution in [0, 0.1) is 0 Å². The summed E-state index contributed by atoms with van der Waals surface area (Å²) in [5, 5.41) is 13.0. The average Bonchev–Trinajstić information content (AvgIpc) is 3.59. The van der Waals surface area contributed by atoms with Crippen LogP contribution in [-0.2, 0) is 0 Å². The zero-order valence-electron chi connectivity index (χ0n) is 22.5. The third kappa shape index (κ3) is 2.85. The molecule has 0 saturated heterocycles. The molecule has 0 radical (unpaired) electrons. The second-order valence-electron chi connectivity index (χ2n) is 11.2. The van der Waals surface area contributed by atoms with E-state index in [1.807, 2.05) is 23.7 Å². The molecular weight excluding hydrogens is 529 g/mol. The second-order valence-corrected chi connectivity index (χ2v) is 12.2. The summed E-state index contributed by atoms with van der Waals surface area (Å²) in [5.41, 5.74) is 6.09. The lowest BCUT2D eigenvalue weighted by molar-refractivity contribution is 1.19. The topological polar surface area (TPSA) is 17.8 Å². The molecule has 0 amide bonds. The minimum atomic E-state index is 1.14. The van der Waals surface area contributed by atoms with Gasteiger partial charge in [-0.3, -0.25) is 4.98 Å². The zero-order valence-corrected chi connectivity index (χ0v) is 23.3. The number of pyridine rings is 1. The summed E-state index contributed by atoms with van der Waals surface area (Å²) in [6, 6.07) is 44.6. The van der Waals surface area contributed by atoms with E-state index in [-0.39, 0.29) is 0 Å². The van der Waals surface area contributed by atoms with E-state index in [2.05, 4.69) is 131 Å². The highest BCUT2D eigenvalue weighted by Crippen LogP contribution is 2.46. The monoisotopic (exact) mass is 550 g/mol. The third-order valence-electron chi connectivity index (χ3n) is 9.02. The molecule has 10 aromatic rings. The molecule has 0 aliphatic heterocycles. The van der Waals surface area contributed by atoms with Gasteiger partial charge in [-0.15, -0.1) is 11.3 Å². The number of hydrogen-bond acceptors (Lipinski definition) is 2. The van der Waals surface area contributed by atoms with Gasteiger partial charge in [0.1, 0.15) is 0 Å². The van der Waals surface area contributed by atoms with Crippen LogP contribution in [0.25, 0.3) is 91.1 Å². The van der Waals surface area contributed by atoms with Gasteiger partial charge in [-0.2, -0.15) is 0 Å². The molecule has 0 aliphatic rings. The lowest BCUT2D eigenvalue weighted by Gasteiger charge is -2.16. The van der Waals surface area contributed by atoms with Gasteiger partial charge in [0.25, 0.3) is 0 Å². The van der Waals surface area contributed by atoms with Crippen LogP contribution in [0.15, 0.2) is 134 Å². The molecule has 0 aliphatic carbocycles. The van der Waals surface area contributed by atoms with Gasteiger partial charge in [-0.25, -0.2) is 0 Å². The Morgan fingerprint density at radius 1 is 0.524 bits per heavy atom. The lowest BCUT2D eigenvalue weighted by atomic mass is 9.88. The minimum absolute atomic E-state index is 1.14. The maximum absolute atomic E-state index is 4.61. The summed E-state index contributed by atoms with van der Waals surface area (Å²) >= 11 is 1.87. The Labute approximate surface area is 245 Å². The minimum Gasteiger partial charge on any atom is -0.306 e. The Morgan fingerprint density at radius 2 is 1.31 bits per heavy atom. The molecule has 0 atom stereocenters. The van der Waals surface area contributed by atoms with Crippen LogP contribution >= 0.6 is 11.3 Å². The largest absolute Gasteiger partial charge is 0.306 e. The van der Waals surface area contributed by atoms with E-state index in [4.69, 9.17) is 0 Å². The van der Waals surface area contributed by atoms with Gasteiger partial charge < -0.3 is 4.57 Å². The fourth-order valence-electron chi connectivity index (χ4n) is 7.26. The molecule has 194 valence electrons. The van der Waals surface area contributed by atoms with Gasteiger partial charge in [0.2, 0.25) is 0 Å². The number of thiophene rings is 1. The molecule has 10 rings (SSSR count). The Kier molecular flexibility index (Phi) is 4.36. The number of benzene rings is 7. The van der Waals surface area contributed by atoms with Gasteiger partial charge in [-0.05, 0) is 67.7 Å². The van der Waals surface area contributed by atoms with Gasteiger partial charge in [0.15, 0.2) is 0 Å². The highest BCUT2D eigenvalue weighted by molar-refractivity contribution is 7.26. The number of rotatable bonds is 2. The molecule has 0 N–H and O–H groups in total. The van der Waals surface area contributed by atoms with Crippen molar-refractivity contribution in [3.8, 4) is 16.8 Å². The standard InChI is InChI=1S/C39H22N2S/c1-2-7-23(8-3-1)26-16-13-24-14-18-31-37-25(15-17-28(26)36(24)37)21-33-38(31)30-19-20-40-22-34(30)41(33)32-11-6-10-29-27-9-4-5-12-35(27)42-39(29)32/h1-22H. The van der Waals surface area contributed by atoms with Crippen LogP contribution in [0.4, 0.5) is 0 Å². The van der Waals surface area contributed by atoms with Crippen molar-refractivity contribution in [2.24, 2.45) is 0 Å². The van der Waals surface area contributed by atoms with Gasteiger partial charge in [-0.1, -0.05) is 97.1 Å². The van der Waals surface area contributed by atoms with Crippen molar-refractivity contribution in [3.05, 3.63) is 134 Å². The Hall–Kier alpha value is -5.25. The molecule has 2 nitrogen and oxygen atoms in total. The van der Waals surface area contributed by atoms with Crippen molar-refractivity contribution in [1.82, 2.24) is 9.55 Å². The van der Waals surface area contributed by atoms with Crippen molar-refractivity contribution in [3.63, 3.8) is 0 Å². The molecular formula is C39H22N2S.